The highest BCUT2D eigenvalue weighted by Gasteiger charge is 2.20. The number of halogens is 1. The maximum atomic E-state index is 12.0. The number of aromatic nitrogens is 3. The molecule has 1 aliphatic heterocycles. The number of nitrogens with zero attached hydrogens (tertiary/aromatic N) is 6. The Morgan fingerprint density at radius 3 is 2.43 bits per heavy atom. The molecule has 3 heterocycles. The normalized spacial score (nSPS) is 14.2. The summed E-state index contributed by atoms with van der Waals surface area (Å²) in [6.45, 7) is 4.44. The maximum absolute atomic E-state index is 12.0. The van der Waals surface area contributed by atoms with Crippen LogP contribution in [0.5, 0.6) is 0 Å². The summed E-state index contributed by atoms with van der Waals surface area (Å²) in [7, 11) is 1.77. The summed E-state index contributed by atoms with van der Waals surface area (Å²) in [5.74, 6) is 1.47. The average molecular weight is 496 g/mol. The van der Waals surface area contributed by atoms with Crippen molar-refractivity contribution >= 4 is 41.8 Å². The molecule has 0 aromatic carbocycles. The van der Waals surface area contributed by atoms with Crippen LogP contribution in [-0.2, 0) is 0 Å². The molecule has 3 rings (SSSR count). The molecule has 10 heteroatoms. The molecule has 9 nitrogen and oxygen atoms in total. The molecule has 0 saturated carbocycles. The standard InChI is InChI=1S/C18H24N8O.HI/c1-19-17(24-9-8-21-16(27)15-4-2-5-20-14-15)25-10-12-26(13-11-25)18-22-6-3-7-23-18;/h2-7,14H,8-13H2,1H3,(H,19,24)(H,21,27);1H. The van der Waals surface area contributed by atoms with Crippen LogP contribution in [-0.4, -0.2) is 78.0 Å². The number of pyridine rings is 1. The number of guanidine groups is 1. The van der Waals surface area contributed by atoms with Gasteiger partial charge in [-0.3, -0.25) is 14.8 Å². The van der Waals surface area contributed by atoms with Gasteiger partial charge in [-0.15, -0.1) is 24.0 Å². The highest BCUT2D eigenvalue weighted by Crippen LogP contribution is 2.09. The third kappa shape index (κ3) is 6.01. The molecular formula is C18H25IN8O. The molecule has 2 N–H and O–H groups in total. The van der Waals surface area contributed by atoms with Crippen molar-refractivity contribution < 1.29 is 4.79 Å². The monoisotopic (exact) mass is 496 g/mol. The second kappa shape index (κ2) is 11.4. The van der Waals surface area contributed by atoms with E-state index >= 15 is 0 Å². The first-order valence-corrected chi connectivity index (χ1v) is 8.93. The Kier molecular flexibility index (Phi) is 8.85. The van der Waals surface area contributed by atoms with E-state index in [0.717, 1.165) is 38.1 Å². The number of anilines is 1. The minimum atomic E-state index is -0.128. The molecule has 0 spiro atoms. The molecular weight excluding hydrogens is 471 g/mol. The summed E-state index contributed by atoms with van der Waals surface area (Å²) in [6, 6.07) is 5.30. The van der Waals surface area contributed by atoms with Gasteiger partial charge in [-0.05, 0) is 18.2 Å². The fourth-order valence-corrected chi connectivity index (χ4v) is 2.85. The zero-order chi connectivity index (χ0) is 18.9. The molecule has 0 bridgehead atoms. The van der Waals surface area contributed by atoms with Crippen LogP contribution in [0.15, 0.2) is 48.0 Å². The number of nitrogens with one attached hydrogen (secondary N) is 2. The minimum absolute atomic E-state index is 0. The van der Waals surface area contributed by atoms with Crippen LogP contribution in [0.1, 0.15) is 10.4 Å². The van der Waals surface area contributed by atoms with Gasteiger partial charge in [-0.2, -0.15) is 0 Å². The Labute approximate surface area is 181 Å². The highest BCUT2D eigenvalue weighted by atomic mass is 127. The molecule has 0 aliphatic carbocycles. The van der Waals surface area contributed by atoms with E-state index in [9.17, 15) is 4.79 Å². The number of carbonyl (C=O) groups is 1. The highest BCUT2D eigenvalue weighted by molar-refractivity contribution is 14.0. The van der Waals surface area contributed by atoms with Crippen molar-refractivity contribution in [3.05, 3.63) is 48.5 Å². The number of carbonyl (C=O) groups excluding carboxylic acids is 1. The summed E-state index contributed by atoms with van der Waals surface area (Å²) >= 11 is 0. The van der Waals surface area contributed by atoms with Gasteiger partial charge in [0.2, 0.25) is 5.95 Å². The lowest BCUT2D eigenvalue weighted by Crippen LogP contribution is -2.53. The first-order valence-electron chi connectivity index (χ1n) is 8.93. The summed E-state index contributed by atoms with van der Waals surface area (Å²) < 4.78 is 0. The summed E-state index contributed by atoms with van der Waals surface area (Å²) in [6.07, 6.45) is 6.72. The van der Waals surface area contributed by atoms with E-state index in [0.29, 0.717) is 18.7 Å². The Hall–Kier alpha value is -2.50. The van der Waals surface area contributed by atoms with E-state index in [1.54, 1.807) is 44.0 Å². The van der Waals surface area contributed by atoms with E-state index in [1.807, 2.05) is 6.07 Å². The Morgan fingerprint density at radius 1 is 1.07 bits per heavy atom. The van der Waals surface area contributed by atoms with Crippen LogP contribution < -0.4 is 15.5 Å². The molecule has 1 aliphatic rings. The Balaban J connectivity index is 0.00000280. The van der Waals surface area contributed by atoms with Gasteiger partial charge in [0.15, 0.2) is 5.96 Å². The largest absolute Gasteiger partial charge is 0.354 e. The molecule has 1 amide bonds. The predicted octanol–water partition coefficient (Wildman–Crippen LogP) is 0.617. The second-order valence-electron chi connectivity index (χ2n) is 5.99. The molecule has 1 saturated heterocycles. The lowest BCUT2D eigenvalue weighted by Gasteiger charge is -2.36. The number of aliphatic imine (C=N–C) groups is 1. The smallest absolute Gasteiger partial charge is 0.252 e. The molecule has 1 fully saturated rings. The summed E-state index contributed by atoms with van der Waals surface area (Å²) in [4.78, 5) is 33.2. The second-order valence-corrected chi connectivity index (χ2v) is 5.99. The van der Waals surface area contributed by atoms with Crippen LogP contribution in [0.3, 0.4) is 0 Å². The van der Waals surface area contributed by atoms with Gasteiger partial charge in [0.05, 0.1) is 5.56 Å². The SMILES string of the molecule is CN=C(NCCNC(=O)c1cccnc1)N1CCN(c2ncccn2)CC1.I. The van der Waals surface area contributed by atoms with Crippen LogP contribution in [0.25, 0.3) is 0 Å². The van der Waals surface area contributed by atoms with Crippen molar-refractivity contribution in [1.82, 2.24) is 30.5 Å². The zero-order valence-corrected chi connectivity index (χ0v) is 18.1. The third-order valence-corrected chi connectivity index (χ3v) is 4.24. The Morgan fingerprint density at radius 2 is 1.79 bits per heavy atom. The number of piperazine rings is 1. The average Bonchev–Trinajstić information content (AvgIpc) is 2.75. The van der Waals surface area contributed by atoms with Crippen molar-refractivity contribution in [2.24, 2.45) is 4.99 Å². The van der Waals surface area contributed by atoms with Gasteiger partial charge in [0, 0.05) is 71.1 Å². The van der Waals surface area contributed by atoms with Gasteiger partial charge in [-0.1, -0.05) is 0 Å². The van der Waals surface area contributed by atoms with Crippen molar-refractivity contribution in [3.63, 3.8) is 0 Å². The quantitative estimate of drug-likeness (QED) is 0.271. The maximum Gasteiger partial charge on any atom is 0.252 e. The van der Waals surface area contributed by atoms with Crippen LogP contribution in [0.2, 0.25) is 0 Å². The van der Waals surface area contributed by atoms with E-state index in [1.165, 1.54) is 0 Å². The molecule has 2 aromatic rings. The van der Waals surface area contributed by atoms with Gasteiger partial charge in [0.1, 0.15) is 0 Å². The van der Waals surface area contributed by atoms with Crippen LogP contribution in [0, 0.1) is 0 Å². The molecule has 2 aromatic heterocycles. The topological polar surface area (TPSA) is 98.6 Å². The predicted molar refractivity (Wildman–Crippen MR) is 119 cm³/mol. The molecule has 150 valence electrons. The number of amides is 1. The lowest BCUT2D eigenvalue weighted by molar-refractivity contribution is 0.0954. The first kappa shape index (κ1) is 21.8. The van der Waals surface area contributed by atoms with Crippen LogP contribution >= 0.6 is 24.0 Å². The van der Waals surface area contributed by atoms with Crippen LogP contribution in [0.4, 0.5) is 5.95 Å². The molecule has 28 heavy (non-hydrogen) atoms. The molecule has 0 radical (unpaired) electrons. The van der Waals surface area contributed by atoms with Gasteiger partial charge in [0.25, 0.3) is 5.91 Å². The molecule has 0 unspecified atom stereocenters. The fraction of sp³-hybridized carbons (Fsp3) is 0.389. The van der Waals surface area contributed by atoms with Crippen molar-refractivity contribution in [2.75, 3.05) is 51.2 Å². The zero-order valence-electron chi connectivity index (χ0n) is 15.8. The first-order chi connectivity index (χ1) is 13.3. The summed E-state index contributed by atoms with van der Waals surface area (Å²) in [5.41, 5.74) is 0.557. The van der Waals surface area contributed by atoms with Crippen molar-refractivity contribution in [2.45, 2.75) is 0 Å². The number of hydrogen-bond donors (Lipinski definition) is 2. The third-order valence-electron chi connectivity index (χ3n) is 4.24. The molecule has 0 atom stereocenters. The van der Waals surface area contributed by atoms with Crippen molar-refractivity contribution in [1.29, 1.82) is 0 Å². The number of rotatable bonds is 5. The van der Waals surface area contributed by atoms with E-state index < -0.39 is 0 Å². The fourth-order valence-electron chi connectivity index (χ4n) is 2.85. The van der Waals surface area contributed by atoms with Gasteiger partial charge >= 0.3 is 0 Å². The minimum Gasteiger partial charge on any atom is -0.354 e. The van der Waals surface area contributed by atoms with E-state index in [-0.39, 0.29) is 29.9 Å². The number of hydrogen-bond acceptors (Lipinski definition) is 6. The van der Waals surface area contributed by atoms with E-state index in [2.05, 4.69) is 40.4 Å². The van der Waals surface area contributed by atoms with Crippen molar-refractivity contribution in [3.8, 4) is 0 Å². The van der Waals surface area contributed by atoms with Gasteiger partial charge in [-0.25, -0.2) is 9.97 Å². The lowest BCUT2D eigenvalue weighted by atomic mass is 10.3. The van der Waals surface area contributed by atoms with Gasteiger partial charge < -0.3 is 20.4 Å². The summed E-state index contributed by atoms with van der Waals surface area (Å²) in [5, 5.41) is 6.17. The van der Waals surface area contributed by atoms with E-state index in [4.69, 9.17) is 0 Å². The Bertz CT molecular complexity index is 751.